The molecule has 2 aliphatic rings. The monoisotopic (exact) mass is 402 g/mol. The van der Waals surface area contributed by atoms with Gasteiger partial charge in [0.1, 0.15) is 0 Å². The second kappa shape index (κ2) is 10.1. The van der Waals surface area contributed by atoms with Crippen molar-refractivity contribution < 1.29 is 0 Å². The number of nitrogens with zero attached hydrogens (tertiary/aromatic N) is 3. The maximum atomic E-state index is 9.12. The summed E-state index contributed by atoms with van der Waals surface area (Å²) in [6.45, 7) is 4.10. The van der Waals surface area contributed by atoms with Crippen molar-refractivity contribution in [2.75, 3.05) is 0 Å². The Labute approximate surface area is 181 Å². The van der Waals surface area contributed by atoms with Crippen LogP contribution in [0.15, 0.2) is 42.9 Å². The fourth-order valence-corrected chi connectivity index (χ4v) is 5.06. The summed E-state index contributed by atoms with van der Waals surface area (Å²) < 4.78 is 2.33. The van der Waals surface area contributed by atoms with E-state index >= 15 is 0 Å². The van der Waals surface area contributed by atoms with Gasteiger partial charge in [0.25, 0.3) is 0 Å². The van der Waals surface area contributed by atoms with Crippen molar-refractivity contribution >= 4 is 5.57 Å². The first-order chi connectivity index (χ1) is 14.7. The minimum atomic E-state index is 0.273. The van der Waals surface area contributed by atoms with Crippen LogP contribution in [0.3, 0.4) is 0 Å². The standard InChI is InChI=1S/C26H34N4/c1-20-6-2-5-9-26(20)23-7-3-4-8-24(14-23)29-17-25-16-28-19-30(25)18-22-12-10-21(15-27)11-13-22/h2,5-6,9,14,16,19,21-22,24,29H,3-4,7-8,10-13,17-18H2,1H3. The number of rotatable bonds is 6. The molecule has 1 heterocycles. The predicted molar refractivity (Wildman–Crippen MR) is 122 cm³/mol. The first-order valence-corrected chi connectivity index (χ1v) is 11.6. The van der Waals surface area contributed by atoms with E-state index < -0.39 is 0 Å². The molecule has 4 rings (SSSR count). The summed E-state index contributed by atoms with van der Waals surface area (Å²) in [5.41, 5.74) is 5.54. The minimum Gasteiger partial charge on any atom is -0.333 e. The molecule has 158 valence electrons. The van der Waals surface area contributed by atoms with Crippen LogP contribution in [-0.2, 0) is 13.1 Å². The molecule has 0 aliphatic heterocycles. The molecule has 1 N–H and O–H groups in total. The van der Waals surface area contributed by atoms with E-state index in [0.717, 1.165) is 38.8 Å². The Balaban J connectivity index is 1.38. The highest BCUT2D eigenvalue weighted by molar-refractivity contribution is 5.68. The number of nitrogens with one attached hydrogen (secondary N) is 1. The Bertz CT molecular complexity index is 896. The maximum Gasteiger partial charge on any atom is 0.0948 e. The van der Waals surface area contributed by atoms with Gasteiger partial charge in [0.15, 0.2) is 0 Å². The number of aryl methyl sites for hydroxylation is 1. The van der Waals surface area contributed by atoms with Gasteiger partial charge in [0.2, 0.25) is 0 Å². The van der Waals surface area contributed by atoms with Gasteiger partial charge in [-0.25, -0.2) is 4.98 Å². The Kier molecular flexibility index (Phi) is 7.02. The molecular formula is C26H34N4. The topological polar surface area (TPSA) is 53.6 Å². The number of aromatic nitrogens is 2. The molecule has 30 heavy (non-hydrogen) atoms. The largest absolute Gasteiger partial charge is 0.333 e. The zero-order chi connectivity index (χ0) is 20.8. The van der Waals surface area contributed by atoms with Gasteiger partial charge in [0, 0.05) is 31.2 Å². The number of hydrogen-bond donors (Lipinski definition) is 1. The summed E-state index contributed by atoms with van der Waals surface area (Å²) in [4.78, 5) is 4.43. The van der Waals surface area contributed by atoms with Crippen LogP contribution in [0.2, 0.25) is 0 Å². The SMILES string of the molecule is Cc1ccccc1C1=CC(NCc2cncn2CC2CCC(C#N)CC2)CCCC1. The van der Waals surface area contributed by atoms with Crippen LogP contribution in [0, 0.1) is 30.1 Å². The number of benzene rings is 1. The van der Waals surface area contributed by atoms with Gasteiger partial charge in [-0.1, -0.05) is 36.8 Å². The third-order valence-corrected chi connectivity index (χ3v) is 6.93. The molecule has 2 aliphatic carbocycles. The highest BCUT2D eigenvalue weighted by Gasteiger charge is 2.22. The summed E-state index contributed by atoms with van der Waals surface area (Å²) in [7, 11) is 0. The molecule has 4 heteroatoms. The van der Waals surface area contributed by atoms with Gasteiger partial charge in [0.05, 0.1) is 18.1 Å². The third kappa shape index (κ3) is 5.21. The molecule has 0 bridgehead atoms. The summed E-state index contributed by atoms with van der Waals surface area (Å²) in [6.07, 6.45) is 15.8. The predicted octanol–water partition coefficient (Wildman–Crippen LogP) is 5.64. The Morgan fingerprint density at radius 2 is 1.97 bits per heavy atom. The summed E-state index contributed by atoms with van der Waals surface area (Å²) in [5, 5.41) is 12.9. The number of allylic oxidation sites excluding steroid dienone is 1. The average molecular weight is 403 g/mol. The van der Waals surface area contributed by atoms with E-state index in [1.54, 1.807) is 0 Å². The fraction of sp³-hybridized carbons (Fsp3) is 0.538. The van der Waals surface area contributed by atoms with E-state index in [2.05, 4.69) is 58.2 Å². The highest BCUT2D eigenvalue weighted by atomic mass is 15.1. The zero-order valence-electron chi connectivity index (χ0n) is 18.2. The van der Waals surface area contributed by atoms with E-state index in [1.807, 2.05) is 12.5 Å². The lowest BCUT2D eigenvalue weighted by Gasteiger charge is -2.25. The van der Waals surface area contributed by atoms with Gasteiger partial charge in [-0.2, -0.15) is 5.26 Å². The quantitative estimate of drug-likeness (QED) is 0.680. The van der Waals surface area contributed by atoms with E-state index in [1.165, 1.54) is 48.1 Å². The second-order valence-corrected chi connectivity index (χ2v) is 9.12. The molecule has 1 aromatic carbocycles. The van der Waals surface area contributed by atoms with Crippen LogP contribution in [0.25, 0.3) is 5.57 Å². The molecule has 0 saturated heterocycles. The first kappa shape index (κ1) is 20.9. The van der Waals surface area contributed by atoms with E-state index in [9.17, 15) is 0 Å². The minimum absolute atomic E-state index is 0.273. The summed E-state index contributed by atoms with van der Waals surface area (Å²) in [5.74, 6) is 0.947. The molecule has 1 aromatic heterocycles. The van der Waals surface area contributed by atoms with Crippen LogP contribution >= 0.6 is 0 Å². The fourth-order valence-electron chi connectivity index (χ4n) is 5.06. The van der Waals surface area contributed by atoms with E-state index in [-0.39, 0.29) is 5.92 Å². The van der Waals surface area contributed by atoms with Gasteiger partial charge in [-0.05, 0) is 74.5 Å². The van der Waals surface area contributed by atoms with Gasteiger partial charge in [-0.15, -0.1) is 0 Å². The van der Waals surface area contributed by atoms with Crippen molar-refractivity contribution in [1.82, 2.24) is 14.9 Å². The van der Waals surface area contributed by atoms with Crippen molar-refractivity contribution in [3.63, 3.8) is 0 Å². The van der Waals surface area contributed by atoms with Crippen molar-refractivity contribution in [1.29, 1.82) is 5.26 Å². The zero-order valence-corrected chi connectivity index (χ0v) is 18.2. The van der Waals surface area contributed by atoms with Crippen LogP contribution in [0.1, 0.15) is 68.2 Å². The number of imidazole rings is 1. The Morgan fingerprint density at radius 3 is 2.77 bits per heavy atom. The molecule has 2 aromatic rings. The Morgan fingerprint density at radius 1 is 1.13 bits per heavy atom. The summed E-state index contributed by atoms with van der Waals surface area (Å²) in [6, 6.07) is 11.6. The van der Waals surface area contributed by atoms with Crippen molar-refractivity contribution in [3.05, 3.63) is 59.7 Å². The molecule has 4 nitrogen and oxygen atoms in total. The van der Waals surface area contributed by atoms with Crippen LogP contribution in [-0.4, -0.2) is 15.6 Å². The molecular weight excluding hydrogens is 368 g/mol. The van der Waals surface area contributed by atoms with Crippen molar-refractivity contribution in [3.8, 4) is 6.07 Å². The lowest BCUT2D eigenvalue weighted by atomic mass is 9.83. The van der Waals surface area contributed by atoms with Crippen LogP contribution in [0.5, 0.6) is 0 Å². The van der Waals surface area contributed by atoms with Crippen molar-refractivity contribution in [2.45, 2.75) is 77.4 Å². The van der Waals surface area contributed by atoms with Gasteiger partial charge in [-0.3, -0.25) is 0 Å². The highest BCUT2D eigenvalue weighted by Crippen LogP contribution is 2.30. The van der Waals surface area contributed by atoms with Crippen LogP contribution in [0.4, 0.5) is 0 Å². The van der Waals surface area contributed by atoms with Crippen molar-refractivity contribution in [2.24, 2.45) is 11.8 Å². The lowest BCUT2D eigenvalue weighted by molar-refractivity contribution is 0.282. The molecule has 1 saturated carbocycles. The normalized spacial score (nSPS) is 24.7. The molecule has 1 fully saturated rings. The second-order valence-electron chi connectivity index (χ2n) is 9.12. The average Bonchev–Trinajstić information content (AvgIpc) is 3.07. The molecule has 1 atom stereocenters. The first-order valence-electron chi connectivity index (χ1n) is 11.6. The van der Waals surface area contributed by atoms with Gasteiger partial charge >= 0.3 is 0 Å². The van der Waals surface area contributed by atoms with E-state index in [4.69, 9.17) is 5.26 Å². The molecule has 0 spiro atoms. The molecule has 0 amide bonds. The summed E-state index contributed by atoms with van der Waals surface area (Å²) >= 11 is 0. The smallest absolute Gasteiger partial charge is 0.0948 e. The van der Waals surface area contributed by atoms with E-state index in [0.29, 0.717) is 12.0 Å². The lowest BCUT2D eigenvalue weighted by Crippen LogP contribution is -2.28. The number of hydrogen-bond acceptors (Lipinski definition) is 3. The molecule has 0 radical (unpaired) electrons. The third-order valence-electron chi connectivity index (χ3n) is 6.93. The Hall–Kier alpha value is -2.38. The maximum absolute atomic E-state index is 9.12. The number of nitriles is 1. The van der Waals surface area contributed by atoms with Crippen LogP contribution < -0.4 is 5.32 Å². The molecule has 1 unspecified atom stereocenters. The van der Waals surface area contributed by atoms with Gasteiger partial charge < -0.3 is 9.88 Å².